The lowest BCUT2D eigenvalue weighted by atomic mass is 9.98. The van der Waals surface area contributed by atoms with E-state index in [4.69, 9.17) is 4.74 Å². The van der Waals surface area contributed by atoms with Crippen molar-refractivity contribution in [2.75, 3.05) is 0 Å². The van der Waals surface area contributed by atoms with E-state index < -0.39 is 24.0 Å². The quantitative estimate of drug-likeness (QED) is 0.514. The van der Waals surface area contributed by atoms with E-state index in [9.17, 15) is 13.2 Å². The fourth-order valence-electron chi connectivity index (χ4n) is 1.62. The van der Waals surface area contributed by atoms with Gasteiger partial charge >= 0.3 is 6.18 Å². The van der Waals surface area contributed by atoms with Crippen LogP contribution in [0.3, 0.4) is 0 Å². The van der Waals surface area contributed by atoms with Gasteiger partial charge in [-0.1, -0.05) is 12.2 Å². The van der Waals surface area contributed by atoms with E-state index in [1.807, 2.05) is 0 Å². The molecule has 0 fully saturated rings. The standard InChI is InChI=1S/C8H7F3O/c1-4-5-2-3-6(12-5)7(4)8(9,10)11/h2-3,5-6H,1H3. The second-order valence-electron chi connectivity index (χ2n) is 2.96. The van der Waals surface area contributed by atoms with Crippen molar-refractivity contribution in [3.63, 3.8) is 0 Å². The number of hydrogen-bond acceptors (Lipinski definition) is 1. The number of ether oxygens (including phenoxy) is 1. The third kappa shape index (κ3) is 0.909. The summed E-state index contributed by atoms with van der Waals surface area (Å²) in [4.78, 5) is 0. The molecule has 0 saturated heterocycles. The fraction of sp³-hybridized carbons (Fsp3) is 0.500. The van der Waals surface area contributed by atoms with Crippen molar-refractivity contribution in [2.24, 2.45) is 0 Å². The Balaban J connectivity index is 2.39. The highest BCUT2D eigenvalue weighted by Gasteiger charge is 2.47. The molecule has 0 radical (unpaired) electrons. The SMILES string of the molecule is CC1=C(C(F)(F)F)C2C=CC1O2. The van der Waals surface area contributed by atoms with Crippen LogP contribution in [0.1, 0.15) is 6.92 Å². The number of halogens is 3. The highest BCUT2D eigenvalue weighted by molar-refractivity contribution is 5.40. The van der Waals surface area contributed by atoms with Crippen LogP contribution in [-0.2, 0) is 4.74 Å². The topological polar surface area (TPSA) is 9.23 Å². The van der Waals surface area contributed by atoms with Crippen LogP contribution >= 0.6 is 0 Å². The Morgan fingerprint density at radius 3 is 2.17 bits per heavy atom. The average Bonchev–Trinajstić information content (AvgIpc) is 2.42. The van der Waals surface area contributed by atoms with Crippen molar-refractivity contribution in [1.82, 2.24) is 0 Å². The van der Waals surface area contributed by atoms with Gasteiger partial charge in [0.15, 0.2) is 0 Å². The summed E-state index contributed by atoms with van der Waals surface area (Å²) in [6.45, 7) is 1.47. The van der Waals surface area contributed by atoms with Crippen LogP contribution in [0.2, 0.25) is 0 Å². The maximum Gasteiger partial charge on any atom is 0.415 e. The van der Waals surface area contributed by atoms with Gasteiger partial charge in [-0.05, 0) is 12.5 Å². The van der Waals surface area contributed by atoms with Crippen LogP contribution in [0.15, 0.2) is 23.3 Å². The second-order valence-corrected chi connectivity index (χ2v) is 2.96. The van der Waals surface area contributed by atoms with Crippen molar-refractivity contribution in [1.29, 1.82) is 0 Å². The Hall–Kier alpha value is -0.770. The second kappa shape index (κ2) is 2.13. The molecule has 4 heteroatoms. The number of alkyl halides is 3. The Morgan fingerprint density at radius 1 is 1.25 bits per heavy atom. The van der Waals surface area contributed by atoms with Crippen LogP contribution < -0.4 is 0 Å². The molecule has 2 aliphatic heterocycles. The van der Waals surface area contributed by atoms with E-state index >= 15 is 0 Å². The van der Waals surface area contributed by atoms with Crippen LogP contribution in [0.4, 0.5) is 13.2 Å². The van der Waals surface area contributed by atoms with E-state index in [0.29, 0.717) is 5.57 Å². The summed E-state index contributed by atoms with van der Waals surface area (Å²) in [5.74, 6) is 0. The lowest BCUT2D eigenvalue weighted by Gasteiger charge is -2.13. The summed E-state index contributed by atoms with van der Waals surface area (Å²) in [5.41, 5.74) is -0.218. The van der Waals surface area contributed by atoms with Crippen molar-refractivity contribution in [3.8, 4) is 0 Å². The summed E-state index contributed by atoms with van der Waals surface area (Å²) in [6.07, 6.45) is -2.41. The zero-order chi connectivity index (χ0) is 8.93. The lowest BCUT2D eigenvalue weighted by molar-refractivity contribution is -0.101. The van der Waals surface area contributed by atoms with Gasteiger partial charge in [-0.15, -0.1) is 0 Å². The molecule has 2 heterocycles. The van der Waals surface area contributed by atoms with E-state index in [1.165, 1.54) is 13.0 Å². The molecule has 2 unspecified atom stereocenters. The molecule has 0 aromatic rings. The van der Waals surface area contributed by atoms with Gasteiger partial charge in [0, 0.05) is 0 Å². The zero-order valence-electron chi connectivity index (χ0n) is 6.35. The molecule has 0 amide bonds. The normalized spacial score (nSPS) is 33.7. The Kier molecular flexibility index (Phi) is 1.39. The minimum absolute atomic E-state index is 0.301. The molecular formula is C8H7F3O. The molecule has 0 aromatic carbocycles. The van der Waals surface area contributed by atoms with Crippen LogP contribution in [0.5, 0.6) is 0 Å². The minimum atomic E-state index is -4.24. The van der Waals surface area contributed by atoms with Gasteiger partial charge in [0.05, 0.1) is 11.7 Å². The summed E-state index contributed by atoms with van der Waals surface area (Å²) >= 11 is 0. The molecule has 0 aliphatic carbocycles. The minimum Gasteiger partial charge on any atom is -0.358 e. The zero-order valence-corrected chi connectivity index (χ0v) is 6.35. The smallest absolute Gasteiger partial charge is 0.358 e. The van der Waals surface area contributed by atoms with E-state index in [1.54, 1.807) is 6.08 Å². The maximum atomic E-state index is 12.3. The van der Waals surface area contributed by atoms with Gasteiger partial charge in [-0.25, -0.2) is 0 Å². The van der Waals surface area contributed by atoms with E-state index in [2.05, 4.69) is 0 Å². The first kappa shape index (κ1) is 7.86. The third-order valence-electron chi connectivity index (χ3n) is 2.20. The summed E-state index contributed by atoms with van der Waals surface area (Å²) in [7, 11) is 0. The summed E-state index contributed by atoms with van der Waals surface area (Å²) in [6, 6.07) is 0. The molecule has 0 spiro atoms. The highest BCUT2D eigenvalue weighted by Crippen LogP contribution is 2.42. The molecule has 1 nitrogen and oxygen atoms in total. The molecule has 2 atom stereocenters. The summed E-state index contributed by atoms with van der Waals surface area (Å²) < 4.78 is 41.9. The molecule has 0 saturated carbocycles. The van der Waals surface area contributed by atoms with Crippen LogP contribution in [0, 0.1) is 0 Å². The molecule has 66 valence electrons. The largest absolute Gasteiger partial charge is 0.415 e. The Bertz CT molecular complexity index is 275. The van der Waals surface area contributed by atoms with Crippen molar-refractivity contribution in [2.45, 2.75) is 25.3 Å². The molecular weight excluding hydrogens is 169 g/mol. The first-order chi connectivity index (χ1) is 5.50. The van der Waals surface area contributed by atoms with Crippen LogP contribution in [0.25, 0.3) is 0 Å². The van der Waals surface area contributed by atoms with Crippen molar-refractivity contribution >= 4 is 0 Å². The predicted molar refractivity (Wildman–Crippen MR) is 36.6 cm³/mol. The van der Waals surface area contributed by atoms with Crippen molar-refractivity contribution in [3.05, 3.63) is 23.3 Å². The number of hydrogen-bond donors (Lipinski definition) is 0. The maximum absolute atomic E-state index is 12.3. The van der Waals surface area contributed by atoms with Crippen molar-refractivity contribution < 1.29 is 17.9 Å². The van der Waals surface area contributed by atoms with Gasteiger partial charge in [0.1, 0.15) is 6.10 Å². The molecule has 2 aliphatic rings. The first-order valence-electron chi connectivity index (χ1n) is 3.62. The third-order valence-corrected chi connectivity index (χ3v) is 2.20. The average molecular weight is 176 g/mol. The number of fused-ring (bicyclic) bond motifs is 2. The Morgan fingerprint density at radius 2 is 1.83 bits per heavy atom. The molecule has 0 aromatic heterocycles. The van der Waals surface area contributed by atoms with Gasteiger partial charge in [0.25, 0.3) is 0 Å². The Labute approximate surface area is 67.5 Å². The molecule has 2 rings (SSSR count). The number of rotatable bonds is 0. The van der Waals surface area contributed by atoms with Gasteiger partial charge in [-0.3, -0.25) is 0 Å². The predicted octanol–water partition coefficient (Wildman–Crippen LogP) is 2.20. The van der Waals surface area contributed by atoms with Gasteiger partial charge < -0.3 is 4.74 Å². The van der Waals surface area contributed by atoms with Crippen LogP contribution in [-0.4, -0.2) is 18.4 Å². The van der Waals surface area contributed by atoms with E-state index in [0.717, 1.165) is 0 Å². The molecule has 12 heavy (non-hydrogen) atoms. The lowest BCUT2D eigenvalue weighted by Crippen LogP contribution is -2.21. The molecule has 2 bridgehead atoms. The first-order valence-corrected chi connectivity index (χ1v) is 3.62. The van der Waals surface area contributed by atoms with E-state index in [-0.39, 0.29) is 0 Å². The fourth-order valence-corrected chi connectivity index (χ4v) is 1.62. The van der Waals surface area contributed by atoms with Gasteiger partial charge in [-0.2, -0.15) is 13.2 Å². The summed E-state index contributed by atoms with van der Waals surface area (Å²) in [5, 5.41) is 0. The monoisotopic (exact) mass is 176 g/mol. The van der Waals surface area contributed by atoms with Gasteiger partial charge in [0.2, 0.25) is 0 Å². The molecule has 0 N–H and O–H groups in total. The highest BCUT2D eigenvalue weighted by atomic mass is 19.4.